The van der Waals surface area contributed by atoms with Crippen molar-refractivity contribution in [1.29, 1.82) is 0 Å². The van der Waals surface area contributed by atoms with Crippen LogP contribution < -0.4 is 26.2 Å². The summed E-state index contributed by atoms with van der Waals surface area (Å²) >= 11 is 1.90. The van der Waals surface area contributed by atoms with Crippen LogP contribution in [0, 0.1) is 0 Å². The van der Waals surface area contributed by atoms with E-state index in [0.29, 0.717) is 0 Å². The van der Waals surface area contributed by atoms with E-state index in [0.717, 1.165) is 17.1 Å². The van der Waals surface area contributed by atoms with Gasteiger partial charge < -0.3 is 9.80 Å². The maximum absolute atomic E-state index is 2.70. The quantitative estimate of drug-likeness (QED) is 0.159. The monoisotopic (exact) mass is 898 g/mol. The van der Waals surface area contributed by atoms with Gasteiger partial charge in [0.1, 0.15) is 0 Å². The van der Waals surface area contributed by atoms with Crippen molar-refractivity contribution in [2.24, 2.45) is 0 Å². The topological polar surface area (TPSA) is 6.48 Å². The molecule has 2 aliphatic heterocycles. The highest BCUT2D eigenvalue weighted by Crippen LogP contribution is 2.53. The smallest absolute Gasteiger partial charge is 0.248 e. The van der Waals surface area contributed by atoms with Crippen molar-refractivity contribution in [3.8, 4) is 22.3 Å². The van der Waals surface area contributed by atoms with E-state index in [-0.39, 0.29) is 28.4 Å². The van der Waals surface area contributed by atoms with Crippen LogP contribution in [-0.4, -0.2) is 6.71 Å². The van der Waals surface area contributed by atoms with Crippen LogP contribution in [0.15, 0.2) is 164 Å². The summed E-state index contributed by atoms with van der Waals surface area (Å²) in [5, 5.41) is 2.67. The van der Waals surface area contributed by atoms with Crippen LogP contribution in [-0.2, 0) is 21.7 Å². The standard InChI is InChI=1S/C64H59BN2S/c1-61(2)29-30-62(3,4)51-37-45(24-27-50(51)61)67-56-39-53-52(63(5,6)31-32-64(53,7)8)38-55(56)65-54-28-25-44(66(42-17-11-9-12-18-42)43-19-13-10-14-20-43)36-48(54)49-33-41(34-57(67)60(49)65)40-23-26-47-46-21-15-16-22-58(46)68-59(47)35-40/h9-28,33-39H,29-32H2,1-8H3. The second kappa shape index (κ2) is 14.6. The minimum absolute atomic E-state index is 0.0567. The fourth-order valence-corrected chi connectivity index (χ4v) is 14.0. The lowest BCUT2D eigenvalue weighted by Crippen LogP contribution is -2.55. The maximum atomic E-state index is 2.70. The van der Waals surface area contributed by atoms with Gasteiger partial charge in [0.25, 0.3) is 0 Å². The average molecular weight is 899 g/mol. The Hall–Kier alpha value is -6.36. The van der Waals surface area contributed by atoms with E-state index in [1.165, 1.54) is 124 Å². The molecule has 4 heteroatoms. The Bertz CT molecular complexity index is 3500. The van der Waals surface area contributed by atoms with Crippen molar-refractivity contribution in [1.82, 2.24) is 0 Å². The van der Waals surface area contributed by atoms with Crippen LogP contribution in [0.25, 0.3) is 42.4 Å². The molecule has 0 unspecified atom stereocenters. The van der Waals surface area contributed by atoms with E-state index in [4.69, 9.17) is 0 Å². The average Bonchev–Trinajstić information content (AvgIpc) is 3.88. The zero-order valence-corrected chi connectivity index (χ0v) is 41.6. The van der Waals surface area contributed by atoms with Crippen LogP contribution in [0.4, 0.5) is 34.1 Å². The molecule has 8 aromatic carbocycles. The Morgan fingerprint density at radius 3 is 1.72 bits per heavy atom. The number of hydrogen-bond acceptors (Lipinski definition) is 3. The molecule has 13 rings (SSSR count). The zero-order chi connectivity index (χ0) is 46.5. The minimum atomic E-state index is 0.0567. The summed E-state index contributed by atoms with van der Waals surface area (Å²) in [4.78, 5) is 5.12. The molecule has 0 fully saturated rings. The van der Waals surface area contributed by atoms with Gasteiger partial charge in [-0.1, -0.05) is 146 Å². The second-order valence-corrected chi connectivity index (χ2v) is 24.1. The molecule has 0 amide bonds. The van der Waals surface area contributed by atoms with Crippen LogP contribution in [0.3, 0.4) is 0 Å². The Morgan fingerprint density at radius 1 is 0.426 bits per heavy atom. The minimum Gasteiger partial charge on any atom is -0.311 e. The van der Waals surface area contributed by atoms with Crippen LogP contribution in [0.1, 0.15) is 103 Å². The van der Waals surface area contributed by atoms with E-state index < -0.39 is 0 Å². The number of rotatable bonds is 5. The van der Waals surface area contributed by atoms with Gasteiger partial charge >= 0.3 is 0 Å². The Labute approximate surface area is 407 Å². The first-order valence-electron chi connectivity index (χ1n) is 25.0. The number of fused-ring (bicyclic) bond motifs is 10. The van der Waals surface area contributed by atoms with Gasteiger partial charge in [-0.2, -0.15) is 0 Å². The molecule has 0 saturated heterocycles. The number of hydrogen-bond donors (Lipinski definition) is 0. The van der Waals surface area contributed by atoms with Crippen molar-refractivity contribution in [2.75, 3.05) is 9.80 Å². The summed E-state index contributed by atoms with van der Waals surface area (Å²) in [5.41, 5.74) is 23.1. The van der Waals surface area contributed by atoms with Crippen molar-refractivity contribution >= 4 is 88.7 Å². The Kier molecular flexibility index (Phi) is 8.96. The lowest BCUT2D eigenvalue weighted by molar-refractivity contribution is 0.332. The summed E-state index contributed by atoms with van der Waals surface area (Å²) in [6, 6.07) is 63.1. The van der Waals surface area contributed by atoms with Gasteiger partial charge in [0.15, 0.2) is 0 Å². The van der Waals surface area contributed by atoms with Crippen molar-refractivity contribution in [2.45, 2.75) is 103 Å². The number of para-hydroxylation sites is 2. The number of benzene rings is 8. The normalized spacial score (nSPS) is 17.6. The first-order valence-corrected chi connectivity index (χ1v) is 25.8. The van der Waals surface area contributed by atoms with Gasteiger partial charge in [-0.15, -0.1) is 11.3 Å². The molecule has 0 spiro atoms. The summed E-state index contributed by atoms with van der Waals surface area (Å²) in [6.07, 6.45) is 4.73. The zero-order valence-electron chi connectivity index (χ0n) is 40.8. The summed E-state index contributed by atoms with van der Waals surface area (Å²) in [7, 11) is 0. The highest BCUT2D eigenvalue weighted by Gasteiger charge is 2.47. The molecule has 0 saturated carbocycles. The predicted molar refractivity (Wildman–Crippen MR) is 295 cm³/mol. The van der Waals surface area contributed by atoms with Crippen molar-refractivity contribution in [3.63, 3.8) is 0 Å². The van der Waals surface area contributed by atoms with Gasteiger partial charge in [0, 0.05) is 54.3 Å². The van der Waals surface area contributed by atoms with Crippen molar-refractivity contribution in [3.05, 3.63) is 186 Å². The van der Waals surface area contributed by atoms with Gasteiger partial charge in [-0.05, 0) is 182 Å². The molecule has 3 heterocycles. The first-order chi connectivity index (χ1) is 32.7. The lowest BCUT2D eigenvalue weighted by atomic mass is 9.36. The molecule has 2 aliphatic carbocycles. The summed E-state index contributed by atoms with van der Waals surface area (Å²) in [6.45, 7) is 19.9. The molecule has 2 nitrogen and oxygen atoms in total. The van der Waals surface area contributed by atoms with Crippen LogP contribution in [0.5, 0.6) is 0 Å². The number of nitrogens with zero attached hydrogens (tertiary/aromatic N) is 2. The van der Waals surface area contributed by atoms with Gasteiger partial charge in [0.2, 0.25) is 6.71 Å². The van der Waals surface area contributed by atoms with E-state index >= 15 is 0 Å². The SMILES string of the molecule is CC1(C)CCC(C)(C)c2cc(N3c4cc5c(cc4B4c6ccc(N(c7ccccc7)c7ccccc7)cc6-c6cc(-c7ccc8c(c7)sc7ccccc78)cc3c64)C(C)(C)CCC5(C)C)ccc21. The van der Waals surface area contributed by atoms with E-state index in [2.05, 4.69) is 229 Å². The second-order valence-electron chi connectivity index (χ2n) is 23.0. The Morgan fingerprint density at radius 2 is 1.03 bits per heavy atom. The fraction of sp³-hybridized carbons (Fsp3) is 0.250. The van der Waals surface area contributed by atoms with Crippen LogP contribution >= 0.6 is 11.3 Å². The lowest BCUT2D eigenvalue weighted by Gasteiger charge is -2.45. The molecular weight excluding hydrogens is 840 g/mol. The molecular formula is C64H59BN2S. The Balaban J connectivity index is 1.12. The van der Waals surface area contributed by atoms with E-state index in [1.54, 1.807) is 0 Å². The molecule has 0 atom stereocenters. The largest absolute Gasteiger partial charge is 0.311 e. The molecule has 1 aromatic heterocycles. The fourth-order valence-electron chi connectivity index (χ4n) is 12.8. The van der Waals surface area contributed by atoms with E-state index in [9.17, 15) is 0 Å². The van der Waals surface area contributed by atoms with Gasteiger partial charge in [-0.3, -0.25) is 0 Å². The predicted octanol–water partition coefficient (Wildman–Crippen LogP) is 16.2. The molecule has 0 bridgehead atoms. The maximum Gasteiger partial charge on any atom is 0.248 e. The molecule has 68 heavy (non-hydrogen) atoms. The number of thiophene rings is 1. The van der Waals surface area contributed by atoms with E-state index in [1.807, 2.05) is 11.3 Å². The van der Waals surface area contributed by atoms with Crippen LogP contribution in [0.2, 0.25) is 0 Å². The third-order valence-corrected chi connectivity index (χ3v) is 18.1. The summed E-state index contributed by atoms with van der Waals surface area (Å²) in [5.74, 6) is 0. The molecule has 4 aliphatic rings. The molecule has 9 aromatic rings. The highest BCUT2D eigenvalue weighted by molar-refractivity contribution is 7.25. The third kappa shape index (κ3) is 6.22. The summed E-state index contributed by atoms with van der Waals surface area (Å²) < 4.78 is 2.67. The van der Waals surface area contributed by atoms with Crippen molar-refractivity contribution < 1.29 is 0 Å². The molecule has 0 radical (unpaired) electrons. The first kappa shape index (κ1) is 41.8. The number of anilines is 6. The van der Waals surface area contributed by atoms with Gasteiger partial charge in [0.05, 0.1) is 0 Å². The molecule has 0 N–H and O–H groups in total. The third-order valence-electron chi connectivity index (χ3n) is 17.0. The highest BCUT2D eigenvalue weighted by atomic mass is 32.1. The van der Waals surface area contributed by atoms with Gasteiger partial charge in [-0.25, -0.2) is 0 Å². The molecule has 334 valence electrons.